The van der Waals surface area contributed by atoms with Crippen LogP contribution in [0.25, 0.3) is 0 Å². The minimum Gasteiger partial charge on any atom is -0.507 e. The molecule has 2 N–H and O–H groups in total. The van der Waals surface area contributed by atoms with Crippen molar-refractivity contribution in [3.05, 3.63) is 29.3 Å². The molecule has 0 aliphatic carbocycles. The molecule has 0 aliphatic rings. The summed E-state index contributed by atoms with van der Waals surface area (Å²) in [6.07, 6.45) is 1.07. The molecule has 0 aliphatic heterocycles. The Bertz CT molecular complexity index is 331. The quantitative estimate of drug-likeness (QED) is 0.795. The van der Waals surface area contributed by atoms with Crippen molar-refractivity contribution in [3.63, 3.8) is 0 Å². The topological polar surface area (TPSA) is 32.3 Å². The van der Waals surface area contributed by atoms with E-state index in [0.717, 1.165) is 17.5 Å². The number of para-hydroxylation sites is 1. The van der Waals surface area contributed by atoms with Gasteiger partial charge in [0.2, 0.25) is 0 Å². The van der Waals surface area contributed by atoms with Gasteiger partial charge in [0.05, 0.1) is 0 Å². The molecule has 0 unspecified atom stereocenters. The normalized spacial score (nSPS) is 11.7. The van der Waals surface area contributed by atoms with Crippen LogP contribution in [0.15, 0.2) is 18.2 Å². The molecule has 0 saturated heterocycles. The van der Waals surface area contributed by atoms with Crippen LogP contribution in [0.5, 0.6) is 5.75 Å². The highest BCUT2D eigenvalue weighted by atomic mass is 16.3. The van der Waals surface area contributed by atoms with Gasteiger partial charge < -0.3 is 10.4 Å². The molecule has 0 saturated carbocycles. The molecular weight excluding hydrogens is 186 g/mol. The lowest BCUT2D eigenvalue weighted by atomic mass is 10.0. The van der Waals surface area contributed by atoms with E-state index < -0.39 is 0 Å². The number of hydrogen-bond donors (Lipinski definition) is 2. The lowest BCUT2D eigenvalue weighted by Gasteiger charge is -2.25. The Hall–Kier alpha value is -1.02. The molecule has 0 bridgehead atoms. The molecule has 0 fully saturated rings. The van der Waals surface area contributed by atoms with Crippen molar-refractivity contribution >= 4 is 0 Å². The predicted octanol–water partition coefficient (Wildman–Crippen LogP) is 2.98. The van der Waals surface area contributed by atoms with Crippen molar-refractivity contribution in [2.45, 2.75) is 46.2 Å². The maximum atomic E-state index is 9.83. The van der Waals surface area contributed by atoms with Crippen molar-refractivity contribution in [1.29, 1.82) is 0 Å². The third kappa shape index (κ3) is 3.24. The number of aromatic hydroxyl groups is 1. The predicted molar refractivity (Wildman–Crippen MR) is 64.1 cm³/mol. The van der Waals surface area contributed by atoms with Gasteiger partial charge in [-0.2, -0.15) is 0 Å². The molecule has 1 rings (SSSR count). The number of hydrogen-bond acceptors (Lipinski definition) is 2. The maximum absolute atomic E-state index is 9.83. The summed E-state index contributed by atoms with van der Waals surface area (Å²) in [5.41, 5.74) is 2.02. The molecule has 2 heteroatoms. The van der Waals surface area contributed by atoms with Gasteiger partial charge >= 0.3 is 0 Å². The largest absolute Gasteiger partial charge is 0.507 e. The van der Waals surface area contributed by atoms with Crippen LogP contribution in [0, 0.1) is 6.92 Å². The first-order valence-electron chi connectivity index (χ1n) is 5.49. The lowest BCUT2D eigenvalue weighted by Crippen LogP contribution is -2.37. The van der Waals surface area contributed by atoms with Gasteiger partial charge in [-0.15, -0.1) is 0 Å². The van der Waals surface area contributed by atoms with Crippen LogP contribution in [0.4, 0.5) is 0 Å². The Morgan fingerprint density at radius 3 is 2.60 bits per heavy atom. The summed E-state index contributed by atoms with van der Waals surface area (Å²) >= 11 is 0. The zero-order chi connectivity index (χ0) is 11.5. The number of nitrogens with one attached hydrogen (secondary N) is 1. The van der Waals surface area contributed by atoms with E-state index >= 15 is 0 Å². The second-order valence-electron chi connectivity index (χ2n) is 4.67. The molecule has 1 aromatic rings. The van der Waals surface area contributed by atoms with Crippen molar-refractivity contribution in [2.75, 3.05) is 0 Å². The highest BCUT2D eigenvalue weighted by Crippen LogP contribution is 2.22. The van der Waals surface area contributed by atoms with Crippen molar-refractivity contribution < 1.29 is 5.11 Å². The highest BCUT2D eigenvalue weighted by Gasteiger charge is 2.14. The van der Waals surface area contributed by atoms with E-state index in [0.29, 0.717) is 12.3 Å². The van der Waals surface area contributed by atoms with E-state index in [1.807, 2.05) is 25.1 Å². The molecule has 84 valence electrons. The minimum absolute atomic E-state index is 0.121. The summed E-state index contributed by atoms with van der Waals surface area (Å²) in [5, 5.41) is 13.3. The molecule has 2 nitrogen and oxygen atoms in total. The zero-order valence-corrected chi connectivity index (χ0v) is 10.1. The molecule has 0 spiro atoms. The van der Waals surface area contributed by atoms with E-state index in [-0.39, 0.29) is 5.54 Å². The van der Waals surface area contributed by atoms with Crippen LogP contribution in [0.2, 0.25) is 0 Å². The van der Waals surface area contributed by atoms with Crippen LogP contribution in [0.3, 0.4) is 0 Å². The van der Waals surface area contributed by atoms with Crippen LogP contribution in [-0.4, -0.2) is 10.6 Å². The fourth-order valence-electron chi connectivity index (χ4n) is 1.32. The first kappa shape index (κ1) is 12.1. The standard InChI is InChI=1S/C13H21NO/c1-5-13(3,4)14-9-11-8-6-7-10(2)12(11)15/h6-8,14-15H,5,9H2,1-4H3. The van der Waals surface area contributed by atoms with E-state index in [2.05, 4.69) is 26.1 Å². The maximum Gasteiger partial charge on any atom is 0.122 e. The van der Waals surface area contributed by atoms with Crippen molar-refractivity contribution in [3.8, 4) is 5.75 Å². The third-order valence-corrected chi connectivity index (χ3v) is 2.96. The number of aryl methyl sites for hydroxylation is 1. The molecule has 0 radical (unpaired) electrons. The summed E-state index contributed by atoms with van der Waals surface area (Å²) in [6.45, 7) is 9.13. The van der Waals surface area contributed by atoms with Crippen molar-refractivity contribution in [2.24, 2.45) is 0 Å². The van der Waals surface area contributed by atoms with Crippen LogP contribution in [-0.2, 0) is 6.54 Å². The van der Waals surface area contributed by atoms with Crippen LogP contribution in [0.1, 0.15) is 38.3 Å². The Labute approximate surface area is 92.3 Å². The van der Waals surface area contributed by atoms with E-state index in [4.69, 9.17) is 0 Å². The van der Waals surface area contributed by atoms with Gasteiger partial charge in [-0.3, -0.25) is 0 Å². The van der Waals surface area contributed by atoms with Crippen molar-refractivity contribution in [1.82, 2.24) is 5.32 Å². The second kappa shape index (κ2) is 4.67. The second-order valence-corrected chi connectivity index (χ2v) is 4.67. The summed E-state index contributed by atoms with van der Waals surface area (Å²) in [5.74, 6) is 0.414. The molecular formula is C13H21NO. The number of phenols is 1. The minimum atomic E-state index is 0.121. The van der Waals surface area contributed by atoms with Gasteiger partial charge in [0.1, 0.15) is 5.75 Å². The average molecular weight is 207 g/mol. The molecule has 1 aromatic carbocycles. The number of phenolic OH excluding ortho intramolecular Hbond substituents is 1. The van der Waals surface area contributed by atoms with Gasteiger partial charge in [0, 0.05) is 17.6 Å². The van der Waals surface area contributed by atoms with E-state index in [9.17, 15) is 5.11 Å². The Kier molecular flexibility index (Phi) is 3.75. The average Bonchev–Trinajstić information content (AvgIpc) is 2.20. The van der Waals surface area contributed by atoms with E-state index in [1.54, 1.807) is 0 Å². The van der Waals surface area contributed by atoms with Gasteiger partial charge in [-0.25, -0.2) is 0 Å². The molecule has 0 heterocycles. The molecule has 0 amide bonds. The summed E-state index contributed by atoms with van der Waals surface area (Å²) in [7, 11) is 0. The summed E-state index contributed by atoms with van der Waals surface area (Å²) in [4.78, 5) is 0. The third-order valence-electron chi connectivity index (χ3n) is 2.96. The Morgan fingerprint density at radius 1 is 1.33 bits per heavy atom. The fourth-order valence-corrected chi connectivity index (χ4v) is 1.32. The Morgan fingerprint density at radius 2 is 2.00 bits per heavy atom. The summed E-state index contributed by atoms with van der Waals surface area (Å²) < 4.78 is 0. The molecule has 0 aromatic heterocycles. The number of rotatable bonds is 4. The van der Waals surface area contributed by atoms with Crippen LogP contribution < -0.4 is 5.32 Å². The smallest absolute Gasteiger partial charge is 0.122 e. The molecule has 0 atom stereocenters. The van der Waals surface area contributed by atoms with Gasteiger partial charge in [0.25, 0.3) is 0 Å². The van der Waals surface area contributed by atoms with Crippen LogP contribution >= 0.6 is 0 Å². The first-order valence-corrected chi connectivity index (χ1v) is 5.49. The molecule has 15 heavy (non-hydrogen) atoms. The fraction of sp³-hybridized carbons (Fsp3) is 0.538. The highest BCUT2D eigenvalue weighted by molar-refractivity contribution is 5.39. The monoisotopic (exact) mass is 207 g/mol. The van der Waals surface area contributed by atoms with Gasteiger partial charge in [-0.1, -0.05) is 25.1 Å². The number of benzene rings is 1. The lowest BCUT2D eigenvalue weighted by molar-refractivity contribution is 0.369. The SMILES string of the molecule is CCC(C)(C)NCc1cccc(C)c1O. The van der Waals surface area contributed by atoms with E-state index in [1.165, 1.54) is 0 Å². The first-order chi connectivity index (χ1) is 6.96. The van der Waals surface area contributed by atoms with Gasteiger partial charge in [0.15, 0.2) is 0 Å². The summed E-state index contributed by atoms with van der Waals surface area (Å²) in [6, 6.07) is 5.86. The zero-order valence-electron chi connectivity index (χ0n) is 10.1. The van der Waals surface area contributed by atoms with Gasteiger partial charge in [-0.05, 0) is 32.8 Å². The Balaban J connectivity index is 2.70.